The number of alkyl halides is 3. The van der Waals surface area contributed by atoms with E-state index in [0.29, 0.717) is 5.69 Å². The van der Waals surface area contributed by atoms with Crippen LogP contribution in [0.5, 0.6) is 0 Å². The van der Waals surface area contributed by atoms with E-state index in [1.807, 2.05) is 0 Å². The van der Waals surface area contributed by atoms with Gasteiger partial charge in [0.15, 0.2) is 0 Å². The lowest BCUT2D eigenvalue weighted by atomic mass is 10.5. The highest BCUT2D eigenvalue weighted by atomic mass is 35.5. The quantitative estimate of drug-likeness (QED) is 0.775. The lowest BCUT2D eigenvalue weighted by Crippen LogP contribution is -2.10. The van der Waals surface area contributed by atoms with Crippen molar-refractivity contribution in [3.05, 3.63) is 18.2 Å². The molecule has 0 bridgehead atoms. The van der Waals surface area contributed by atoms with Gasteiger partial charge in [-0.05, 0) is 0 Å². The number of hydrogen-bond donors (Lipinski definition) is 1. The summed E-state index contributed by atoms with van der Waals surface area (Å²) in [5, 5.41) is 2.61. The van der Waals surface area contributed by atoms with Crippen molar-refractivity contribution in [3.8, 4) is 0 Å². The fourth-order valence-corrected chi connectivity index (χ4v) is 0.604. The summed E-state index contributed by atoms with van der Waals surface area (Å²) < 4.78 is 35.6. The van der Waals surface area contributed by atoms with Gasteiger partial charge in [0.05, 0.1) is 18.1 Å². The van der Waals surface area contributed by atoms with Gasteiger partial charge in [-0.2, -0.15) is 13.2 Å². The Morgan fingerprint density at radius 1 is 1.23 bits per heavy atom. The molecule has 1 heterocycles. The van der Waals surface area contributed by atoms with Gasteiger partial charge in [0.2, 0.25) is 5.82 Å². The number of anilines is 1. The third-order valence-corrected chi connectivity index (χ3v) is 1.19. The van der Waals surface area contributed by atoms with Crippen molar-refractivity contribution in [2.75, 3.05) is 12.4 Å². The highest BCUT2D eigenvalue weighted by Gasteiger charge is 2.34. The second kappa shape index (κ2) is 4.27. The maximum atomic E-state index is 11.9. The minimum atomic E-state index is -4.47. The largest absolute Gasteiger partial charge is 0.451 e. The Kier molecular flexibility index (Phi) is 3.93. The number of halogens is 4. The number of nitrogens with one attached hydrogen (secondary N) is 1. The molecule has 1 rings (SSSR count). The Morgan fingerprint density at radius 2 is 1.69 bits per heavy atom. The normalized spacial score (nSPS) is 10.5. The molecular formula is C6H7ClF3N3. The molecule has 13 heavy (non-hydrogen) atoms. The minimum Gasteiger partial charge on any atom is -0.386 e. The molecule has 0 saturated heterocycles. The van der Waals surface area contributed by atoms with Gasteiger partial charge in [0, 0.05) is 7.05 Å². The predicted molar refractivity (Wildman–Crippen MR) is 43.8 cm³/mol. The number of rotatable bonds is 1. The van der Waals surface area contributed by atoms with Crippen LogP contribution in [0.3, 0.4) is 0 Å². The third kappa shape index (κ3) is 3.06. The van der Waals surface area contributed by atoms with Crippen LogP contribution in [0.25, 0.3) is 0 Å². The Hall–Kier alpha value is -1.04. The molecule has 3 nitrogen and oxygen atoms in total. The van der Waals surface area contributed by atoms with Crippen LogP contribution in [0.1, 0.15) is 5.82 Å². The maximum Gasteiger partial charge on any atom is 0.451 e. The first kappa shape index (κ1) is 12.0. The van der Waals surface area contributed by atoms with Crippen LogP contribution in [-0.2, 0) is 6.18 Å². The van der Waals surface area contributed by atoms with Crippen molar-refractivity contribution in [2.45, 2.75) is 6.18 Å². The molecule has 0 aliphatic carbocycles. The van der Waals surface area contributed by atoms with Gasteiger partial charge in [-0.15, -0.1) is 12.4 Å². The summed E-state index contributed by atoms with van der Waals surface area (Å²) in [6, 6.07) is 0. The van der Waals surface area contributed by atoms with Gasteiger partial charge in [-0.3, -0.25) is 0 Å². The topological polar surface area (TPSA) is 37.8 Å². The predicted octanol–water partition coefficient (Wildman–Crippen LogP) is 1.96. The minimum absolute atomic E-state index is 0. The van der Waals surface area contributed by atoms with Crippen LogP contribution in [0, 0.1) is 0 Å². The Bertz CT molecular complexity index is 259. The summed E-state index contributed by atoms with van der Waals surface area (Å²) in [6.07, 6.45) is -2.31. The average Bonchev–Trinajstić information content (AvgIpc) is 2.03. The Labute approximate surface area is 78.8 Å². The molecule has 1 N–H and O–H groups in total. The van der Waals surface area contributed by atoms with E-state index in [0.717, 1.165) is 12.4 Å². The number of aromatic nitrogens is 2. The second-order valence-electron chi connectivity index (χ2n) is 2.04. The zero-order valence-corrected chi connectivity index (χ0v) is 7.41. The molecule has 1 aromatic rings. The van der Waals surface area contributed by atoms with Gasteiger partial charge in [0.25, 0.3) is 0 Å². The van der Waals surface area contributed by atoms with E-state index < -0.39 is 12.0 Å². The van der Waals surface area contributed by atoms with Crippen LogP contribution < -0.4 is 5.32 Å². The zero-order chi connectivity index (χ0) is 9.19. The van der Waals surface area contributed by atoms with Crippen molar-refractivity contribution < 1.29 is 13.2 Å². The zero-order valence-electron chi connectivity index (χ0n) is 6.59. The summed E-state index contributed by atoms with van der Waals surface area (Å²) in [5.41, 5.74) is 0.447. The van der Waals surface area contributed by atoms with E-state index in [2.05, 4.69) is 15.3 Å². The van der Waals surface area contributed by atoms with Crippen molar-refractivity contribution in [2.24, 2.45) is 0 Å². The van der Waals surface area contributed by atoms with Crippen LogP contribution >= 0.6 is 12.4 Å². The number of hydrogen-bond acceptors (Lipinski definition) is 3. The summed E-state index contributed by atoms with van der Waals surface area (Å²) in [6.45, 7) is 0. The lowest BCUT2D eigenvalue weighted by molar-refractivity contribution is -0.144. The SMILES string of the molecule is CNc1cnc(C(F)(F)F)nc1.Cl. The van der Waals surface area contributed by atoms with Gasteiger partial charge in [-0.25, -0.2) is 9.97 Å². The van der Waals surface area contributed by atoms with Crippen LogP contribution in [0.15, 0.2) is 12.4 Å². The molecule has 0 amide bonds. The third-order valence-electron chi connectivity index (χ3n) is 1.19. The van der Waals surface area contributed by atoms with E-state index in [9.17, 15) is 13.2 Å². The van der Waals surface area contributed by atoms with Gasteiger partial charge < -0.3 is 5.32 Å². The standard InChI is InChI=1S/C6H6F3N3.ClH/c1-10-4-2-11-5(12-3-4)6(7,8)9;/h2-3,10H,1H3;1H. The highest BCUT2D eigenvalue weighted by molar-refractivity contribution is 5.85. The summed E-state index contributed by atoms with van der Waals surface area (Å²) in [4.78, 5) is 6.24. The fourth-order valence-electron chi connectivity index (χ4n) is 0.604. The molecule has 0 radical (unpaired) electrons. The number of nitrogens with zero attached hydrogens (tertiary/aromatic N) is 2. The molecule has 0 aliphatic rings. The molecule has 0 atom stereocenters. The van der Waals surface area contributed by atoms with E-state index in [4.69, 9.17) is 0 Å². The average molecular weight is 214 g/mol. The molecular weight excluding hydrogens is 207 g/mol. The molecule has 0 aliphatic heterocycles. The lowest BCUT2D eigenvalue weighted by Gasteiger charge is -2.04. The molecule has 0 aromatic carbocycles. The van der Waals surface area contributed by atoms with Crippen molar-refractivity contribution in [1.29, 1.82) is 0 Å². The van der Waals surface area contributed by atoms with Gasteiger partial charge in [-0.1, -0.05) is 0 Å². The Morgan fingerprint density at radius 3 is 2.00 bits per heavy atom. The second-order valence-corrected chi connectivity index (χ2v) is 2.04. The van der Waals surface area contributed by atoms with Crippen LogP contribution in [0.2, 0.25) is 0 Å². The molecule has 74 valence electrons. The van der Waals surface area contributed by atoms with Crippen molar-refractivity contribution in [1.82, 2.24) is 9.97 Å². The highest BCUT2D eigenvalue weighted by Crippen LogP contribution is 2.25. The smallest absolute Gasteiger partial charge is 0.386 e. The first-order chi connectivity index (χ1) is 5.54. The van der Waals surface area contributed by atoms with Crippen LogP contribution in [0.4, 0.5) is 18.9 Å². The summed E-state index contributed by atoms with van der Waals surface area (Å²) >= 11 is 0. The molecule has 1 aromatic heterocycles. The van der Waals surface area contributed by atoms with Crippen LogP contribution in [-0.4, -0.2) is 17.0 Å². The van der Waals surface area contributed by atoms with Crippen molar-refractivity contribution >= 4 is 18.1 Å². The fraction of sp³-hybridized carbons (Fsp3) is 0.333. The molecule has 7 heteroatoms. The summed E-state index contributed by atoms with van der Waals surface area (Å²) in [5.74, 6) is -1.12. The van der Waals surface area contributed by atoms with Gasteiger partial charge >= 0.3 is 6.18 Å². The van der Waals surface area contributed by atoms with Gasteiger partial charge in [0.1, 0.15) is 0 Å². The summed E-state index contributed by atoms with van der Waals surface area (Å²) in [7, 11) is 1.58. The van der Waals surface area contributed by atoms with Crippen molar-refractivity contribution in [3.63, 3.8) is 0 Å². The monoisotopic (exact) mass is 213 g/mol. The molecule has 0 spiro atoms. The van der Waals surface area contributed by atoms with E-state index >= 15 is 0 Å². The van der Waals surface area contributed by atoms with E-state index in [1.54, 1.807) is 7.05 Å². The van der Waals surface area contributed by atoms with E-state index in [1.165, 1.54) is 0 Å². The molecule has 0 saturated carbocycles. The first-order valence-electron chi connectivity index (χ1n) is 3.11. The maximum absolute atomic E-state index is 11.9. The molecule has 0 fully saturated rings. The first-order valence-corrected chi connectivity index (χ1v) is 3.11. The molecule has 0 unspecified atom stereocenters. The van der Waals surface area contributed by atoms with E-state index in [-0.39, 0.29) is 12.4 Å². The Balaban J connectivity index is 0.00000144.